The van der Waals surface area contributed by atoms with Crippen molar-refractivity contribution in [3.63, 3.8) is 0 Å². The van der Waals surface area contributed by atoms with E-state index in [9.17, 15) is 101 Å². The van der Waals surface area contributed by atoms with E-state index < -0.39 is 216 Å². The van der Waals surface area contributed by atoms with Gasteiger partial charge in [0.25, 0.3) is 5.79 Å². The van der Waals surface area contributed by atoms with Crippen molar-refractivity contribution >= 4 is 17.8 Å². The fraction of sp³-hybridized carbons (Fsp3) is 0.919. The Morgan fingerprint density at radius 1 is 0.574 bits per heavy atom. The van der Waals surface area contributed by atoms with Crippen LogP contribution in [-0.4, -0.2) is 297 Å². The summed E-state index contributed by atoms with van der Waals surface area (Å²) in [7, 11) is 0. The molecule has 0 radical (unpaired) electrons. The molecule has 5 saturated heterocycles. The minimum absolute atomic E-state index is 0.818. The lowest BCUT2D eigenvalue weighted by Crippen LogP contribution is -2.71. The van der Waals surface area contributed by atoms with Gasteiger partial charge in [-0.25, -0.2) is 4.79 Å². The van der Waals surface area contributed by atoms with Crippen LogP contribution in [0.4, 0.5) is 0 Å². The van der Waals surface area contributed by atoms with Gasteiger partial charge in [0.1, 0.15) is 116 Å². The minimum Gasteiger partial charge on any atom is -0.477 e. The summed E-state index contributed by atoms with van der Waals surface area (Å²) in [5.41, 5.74) is 0. The molecule has 0 aliphatic carbocycles. The van der Waals surface area contributed by atoms with E-state index in [0.29, 0.717) is 0 Å². The average Bonchev–Trinajstić information content (AvgIpc) is 3.29. The molecule has 0 bridgehead atoms. The third-order valence-corrected chi connectivity index (χ3v) is 12.1. The molecule has 5 aliphatic heterocycles. The molecule has 68 heavy (non-hydrogen) atoms. The van der Waals surface area contributed by atoms with Crippen molar-refractivity contribution < 1.29 is 144 Å². The quantitative estimate of drug-likeness (QED) is 0.0606. The van der Waals surface area contributed by atoms with Gasteiger partial charge >= 0.3 is 5.97 Å². The summed E-state index contributed by atoms with van der Waals surface area (Å²) in [6.45, 7) is -3.28. The van der Waals surface area contributed by atoms with Gasteiger partial charge in [0.2, 0.25) is 11.8 Å². The second-order valence-electron chi connectivity index (χ2n) is 16.8. The van der Waals surface area contributed by atoms with E-state index in [1.165, 1.54) is 0 Å². The summed E-state index contributed by atoms with van der Waals surface area (Å²) in [6, 6.07) is -3.51. The smallest absolute Gasteiger partial charge is 0.364 e. The van der Waals surface area contributed by atoms with Gasteiger partial charge in [-0.15, -0.1) is 0 Å². The van der Waals surface area contributed by atoms with Crippen LogP contribution in [-0.2, 0) is 57.0 Å². The average molecular weight is 999 g/mol. The first-order chi connectivity index (χ1) is 32.0. The van der Waals surface area contributed by atoms with E-state index >= 15 is 0 Å². The number of carboxylic acids is 1. The standard InChI is InChI=1S/C37H62N2O29/c1-9(45)38-17-11(47)3-37(36(58)59,67-29(17)19(49)12(48)4-40)68-31-22(52)15(7-43)63-35(26(31)56)65-28-18(39-10(2)46)33(61-13(5-41)20(28)50)66-30-21(51)14(6-42)62-34(25(30)55)64-27-16(8-44)60-32(57)24(54)23(27)53/h11-35,40-44,47-57H,3-8H2,1-2H3,(H,38,45)(H,39,46)(H,58,59)/t11-,12+,13+,14+,15+,16+,17+,18+,19+,20+,21-,22-,23-,24+,25+,26+,27+,28+,29+,30-,31-,32+,33+,34-,35-,37-/m0/s1. The van der Waals surface area contributed by atoms with Gasteiger partial charge in [0.15, 0.2) is 25.2 Å². The van der Waals surface area contributed by atoms with Crippen molar-refractivity contribution in [3.05, 3.63) is 0 Å². The van der Waals surface area contributed by atoms with Crippen LogP contribution in [0.3, 0.4) is 0 Å². The molecule has 0 unspecified atom stereocenters. The molecular formula is C37H62N2O29. The van der Waals surface area contributed by atoms with Crippen molar-refractivity contribution in [1.82, 2.24) is 10.6 Å². The fourth-order valence-corrected chi connectivity index (χ4v) is 8.53. The molecule has 5 heterocycles. The minimum atomic E-state index is -3.19. The van der Waals surface area contributed by atoms with Gasteiger partial charge in [-0.1, -0.05) is 0 Å². The number of carboxylic acid groups (broad SMARTS) is 1. The summed E-state index contributed by atoms with van der Waals surface area (Å²) in [5, 5.41) is 185. The number of hydrogen-bond acceptors (Lipinski definition) is 28. The maximum atomic E-state index is 13.0. The molecule has 26 atom stereocenters. The third-order valence-electron chi connectivity index (χ3n) is 12.1. The lowest BCUT2D eigenvalue weighted by atomic mass is 9.88. The predicted octanol–water partition coefficient (Wildman–Crippen LogP) is -12.4. The Hall–Kier alpha value is -2.59. The largest absolute Gasteiger partial charge is 0.477 e. The number of aliphatic hydroxyl groups is 16. The number of aliphatic hydroxyl groups excluding tert-OH is 16. The lowest BCUT2D eigenvalue weighted by Gasteiger charge is -2.51. The molecule has 31 heteroatoms. The summed E-state index contributed by atoms with van der Waals surface area (Å²) in [6.07, 6.45) is -47.6. The van der Waals surface area contributed by atoms with E-state index in [1.54, 1.807) is 0 Å². The third kappa shape index (κ3) is 11.8. The van der Waals surface area contributed by atoms with Crippen LogP contribution in [0.1, 0.15) is 20.3 Å². The molecule has 0 spiro atoms. The van der Waals surface area contributed by atoms with Crippen LogP contribution in [0.5, 0.6) is 0 Å². The number of nitrogens with one attached hydrogen (secondary N) is 2. The number of ether oxygens (including phenoxy) is 9. The SMILES string of the molecule is CC(=O)N[C@H]1[C@@H](O[C@H]2[C@@H](O)[C@@H](CO)O[C@@H](O[C@H]3[C@@H](O)[C@@H](O)[C@H](O)O[C@@H]3CO)[C@@H]2O)O[C@H](CO)[C@@H](O)[C@@H]1O[C@@H]1O[C@H](CO)[C@H](O)[C@H](O[C@]2(C(=O)O)C[C@H](O)[C@@H](NC(C)=O)[C@H]([C@H](O)[C@H](O)CO)O2)[C@H]1O. The van der Waals surface area contributed by atoms with Crippen LogP contribution in [0.2, 0.25) is 0 Å². The number of hydrogen-bond donors (Lipinski definition) is 19. The van der Waals surface area contributed by atoms with Crippen molar-refractivity contribution in [3.8, 4) is 0 Å². The topological polar surface area (TPSA) is 502 Å². The van der Waals surface area contributed by atoms with Gasteiger partial charge in [-0.2, -0.15) is 0 Å². The van der Waals surface area contributed by atoms with Gasteiger partial charge in [-0.3, -0.25) is 9.59 Å². The van der Waals surface area contributed by atoms with E-state index in [2.05, 4.69) is 10.6 Å². The van der Waals surface area contributed by atoms with Gasteiger partial charge in [-0.05, 0) is 0 Å². The Kier molecular flexibility index (Phi) is 19.7. The van der Waals surface area contributed by atoms with Crippen LogP contribution >= 0.6 is 0 Å². The first-order valence-electron chi connectivity index (χ1n) is 21.2. The Bertz CT molecular complexity index is 1660. The van der Waals surface area contributed by atoms with Gasteiger partial charge in [0.05, 0.1) is 45.2 Å². The highest BCUT2D eigenvalue weighted by Crippen LogP contribution is 2.39. The molecule has 0 saturated carbocycles. The van der Waals surface area contributed by atoms with Crippen LogP contribution in [0.25, 0.3) is 0 Å². The zero-order valence-electron chi connectivity index (χ0n) is 36.2. The number of carbonyl (C=O) groups excluding carboxylic acids is 2. The van der Waals surface area contributed by atoms with E-state index in [4.69, 9.17) is 42.6 Å². The Labute approximate surface area is 384 Å². The highest BCUT2D eigenvalue weighted by atomic mass is 16.8. The second kappa shape index (κ2) is 23.8. The van der Waals surface area contributed by atoms with Gasteiger partial charge in [0, 0.05) is 20.3 Å². The number of amides is 2. The molecule has 19 N–H and O–H groups in total. The number of aliphatic carboxylic acids is 1. The monoisotopic (exact) mass is 998 g/mol. The van der Waals surface area contributed by atoms with Crippen molar-refractivity contribution in [2.75, 3.05) is 33.0 Å². The lowest BCUT2D eigenvalue weighted by molar-refractivity contribution is -0.389. The van der Waals surface area contributed by atoms with Crippen molar-refractivity contribution in [2.45, 2.75) is 179 Å². The van der Waals surface area contributed by atoms with Crippen LogP contribution in [0.15, 0.2) is 0 Å². The molecular weight excluding hydrogens is 936 g/mol. The molecule has 0 aromatic carbocycles. The molecule has 5 aliphatic rings. The first kappa shape index (κ1) is 56.3. The summed E-state index contributed by atoms with van der Waals surface area (Å²) < 4.78 is 50.7. The van der Waals surface area contributed by atoms with Gasteiger partial charge < -0.3 is 140 Å². The predicted molar refractivity (Wildman–Crippen MR) is 207 cm³/mol. The summed E-state index contributed by atoms with van der Waals surface area (Å²) in [4.78, 5) is 37.7. The summed E-state index contributed by atoms with van der Waals surface area (Å²) in [5.74, 6) is -6.99. The Morgan fingerprint density at radius 3 is 1.53 bits per heavy atom. The van der Waals surface area contributed by atoms with E-state index in [1.807, 2.05) is 0 Å². The number of rotatable bonds is 18. The molecule has 31 nitrogen and oxygen atoms in total. The van der Waals surface area contributed by atoms with E-state index in [0.717, 1.165) is 13.8 Å². The van der Waals surface area contributed by atoms with Crippen molar-refractivity contribution in [2.24, 2.45) is 0 Å². The zero-order valence-corrected chi connectivity index (χ0v) is 36.2. The molecule has 0 aromatic heterocycles. The van der Waals surface area contributed by atoms with E-state index in [-0.39, 0.29) is 0 Å². The normalized spacial score (nSPS) is 46.6. The Morgan fingerprint density at radius 2 is 1.03 bits per heavy atom. The molecule has 5 fully saturated rings. The maximum Gasteiger partial charge on any atom is 0.364 e. The van der Waals surface area contributed by atoms with Crippen LogP contribution in [0, 0.1) is 0 Å². The molecule has 2 amide bonds. The summed E-state index contributed by atoms with van der Waals surface area (Å²) >= 11 is 0. The Balaban J connectivity index is 1.45. The highest BCUT2D eigenvalue weighted by Gasteiger charge is 2.61. The zero-order chi connectivity index (χ0) is 50.7. The first-order valence-corrected chi connectivity index (χ1v) is 21.2. The molecule has 394 valence electrons. The number of carbonyl (C=O) groups is 3. The second-order valence-corrected chi connectivity index (χ2v) is 16.8. The highest BCUT2D eigenvalue weighted by molar-refractivity contribution is 5.76. The van der Waals surface area contributed by atoms with Crippen molar-refractivity contribution in [1.29, 1.82) is 0 Å². The maximum absolute atomic E-state index is 13.0. The van der Waals surface area contributed by atoms with Crippen LogP contribution < -0.4 is 10.6 Å². The molecule has 0 aromatic rings. The molecule has 5 rings (SSSR count). The fourth-order valence-electron chi connectivity index (χ4n) is 8.53.